The minimum absolute atomic E-state index is 0.187. The van der Waals surface area contributed by atoms with Crippen LogP contribution in [0.2, 0.25) is 0 Å². The van der Waals surface area contributed by atoms with Crippen LogP contribution >= 0.6 is 0 Å². The summed E-state index contributed by atoms with van der Waals surface area (Å²) in [6, 6.07) is 0. The van der Waals surface area contributed by atoms with Gasteiger partial charge in [-0.15, -0.1) is 0 Å². The molecular weight excluding hydrogens is 162 g/mol. The van der Waals surface area contributed by atoms with Crippen LogP contribution in [0.4, 0.5) is 0 Å². The zero-order valence-electron chi connectivity index (χ0n) is 9.92. The lowest BCUT2D eigenvalue weighted by Gasteiger charge is -2.28. The molecule has 80 valence electrons. The van der Waals surface area contributed by atoms with Crippen molar-refractivity contribution in [3.05, 3.63) is 0 Å². The topological polar surface area (TPSA) is 21.3 Å². The zero-order chi connectivity index (χ0) is 10.4. The van der Waals surface area contributed by atoms with Crippen molar-refractivity contribution in [2.75, 3.05) is 7.05 Å². The highest BCUT2D eigenvalue weighted by Crippen LogP contribution is 2.15. The predicted molar refractivity (Wildman–Crippen MR) is 57.7 cm³/mol. The molecule has 0 aromatic heterocycles. The fraction of sp³-hybridized carbons (Fsp3) is 1.00. The Kier molecular flexibility index (Phi) is 6.35. The average molecular weight is 187 g/mol. The fourth-order valence-electron chi connectivity index (χ4n) is 1.47. The van der Waals surface area contributed by atoms with Crippen LogP contribution in [0.5, 0.6) is 0 Å². The maximum Gasteiger partial charge on any atom is 0.110 e. The van der Waals surface area contributed by atoms with E-state index in [0.29, 0.717) is 17.9 Å². The summed E-state index contributed by atoms with van der Waals surface area (Å²) < 4.78 is 5.96. The van der Waals surface area contributed by atoms with Crippen LogP contribution in [0.15, 0.2) is 0 Å². The Labute approximate surface area is 83.1 Å². The van der Waals surface area contributed by atoms with E-state index >= 15 is 0 Å². The number of rotatable bonds is 6. The Balaban J connectivity index is 4.03. The smallest absolute Gasteiger partial charge is 0.110 e. The Hall–Kier alpha value is -0.0800. The zero-order valence-corrected chi connectivity index (χ0v) is 9.92. The number of ether oxygens (including phenoxy) is 1. The maximum absolute atomic E-state index is 5.96. The van der Waals surface area contributed by atoms with Gasteiger partial charge in [-0.25, -0.2) is 0 Å². The van der Waals surface area contributed by atoms with Crippen molar-refractivity contribution in [1.29, 1.82) is 0 Å². The molecule has 2 heteroatoms. The summed E-state index contributed by atoms with van der Waals surface area (Å²) in [7, 11) is 1.96. The van der Waals surface area contributed by atoms with E-state index in [-0.39, 0.29) is 6.23 Å². The molecule has 0 heterocycles. The molecule has 2 atom stereocenters. The van der Waals surface area contributed by atoms with Crippen LogP contribution in [0.1, 0.15) is 41.0 Å². The first kappa shape index (κ1) is 12.9. The summed E-state index contributed by atoms with van der Waals surface area (Å²) >= 11 is 0. The highest BCUT2D eigenvalue weighted by Gasteiger charge is 2.18. The standard InChI is InChI=1S/C11H25NO/c1-7-10(8(2)3)13-11(12-6)9(4)5/h8-12H,7H2,1-6H3. The molecule has 2 nitrogen and oxygen atoms in total. The van der Waals surface area contributed by atoms with Crippen molar-refractivity contribution in [1.82, 2.24) is 5.32 Å². The van der Waals surface area contributed by atoms with Crippen molar-refractivity contribution in [2.24, 2.45) is 11.8 Å². The van der Waals surface area contributed by atoms with E-state index in [1.807, 2.05) is 7.05 Å². The molecule has 0 aromatic carbocycles. The number of nitrogens with one attached hydrogen (secondary N) is 1. The van der Waals surface area contributed by atoms with E-state index in [2.05, 4.69) is 39.9 Å². The second-order valence-corrected chi connectivity index (χ2v) is 4.28. The first-order valence-corrected chi connectivity index (χ1v) is 5.35. The summed E-state index contributed by atoms with van der Waals surface area (Å²) in [4.78, 5) is 0. The van der Waals surface area contributed by atoms with Gasteiger partial charge >= 0.3 is 0 Å². The van der Waals surface area contributed by atoms with Gasteiger partial charge in [-0.05, 0) is 25.3 Å². The molecule has 0 aromatic rings. The molecule has 0 bridgehead atoms. The summed E-state index contributed by atoms with van der Waals surface area (Å²) in [6.45, 7) is 10.9. The summed E-state index contributed by atoms with van der Waals surface area (Å²) in [5, 5.41) is 3.20. The second kappa shape index (κ2) is 6.39. The number of hydrogen-bond donors (Lipinski definition) is 1. The Bertz CT molecular complexity index is 109. The predicted octanol–water partition coefficient (Wildman–Crippen LogP) is 2.64. The minimum Gasteiger partial charge on any atom is -0.360 e. The van der Waals surface area contributed by atoms with Crippen LogP contribution in [0, 0.1) is 11.8 Å². The highest BCUT2D eigenvalue weighted by molar-refractivity contribution is 4.65. The molecule has 0 amide bonds. The van der Waals surface area contributed by atoms with E-state index in [1.54, 1.807) is 0 Å². The summed E-state index contributed by atoms with van der Waals surface area (Å²) in [5.41, 5.74) is 0. The van der Waals surface area contributed by atoms with Gasteiger partial charge in [0.2, 0.25) is 0 Å². The van der Waals surface area contributed by atoms with Crippen molar-refractivity contribution < 1.29 is 4.74 Å². The van der Waals surface area contributed by atoms with Crippen molar-refractivity contribution in [3.63, 3.8) is 0 Å². The van der Waals surface area contributed by atoms with Gasteiger partial charge in [0, 0.05) is 0 Å². The molecule has 0 radical (unpaired) electrons. The number of hydrogen-bond acceptors (Lipinski definition) is 2. The molecule has 13 heavy (non-hydrogen) atoms. The average Bonchev–Trinajstić information content (AvgIpc) is 2.05. The lowest BCUT2D eigenvalue weighted by Crippen LogP contribution is -2.38. The first-order chi connectivity index (χ1) is 6.02. The molecule has 0 saturated heterocycles. The third-order valence-electron chi connectivity index (χ3n) is 2.36. The first-order valence-electron chi connectivity index (χ1n) is 5.35. The third kappa shape index (κ3) is 4.63. The molecule has 2 unspecified atom stereocenters. The normalized spacial score (nSPS) is 16.6. The lowest BCUT2D eigenvalue weighted by molar-refractivity contribution is -0.0704. The van der Waals surface area contributed by atoms with E-state index in [1.165, 1.54) is 0 Å². The molecule has 0 aliphatic rings. The van der Waals surface area contributed by atoms with Gasteiger partial charge in [-0.1, -0.05) is 34.6 Å². The molecular formula is C11H25NO. The van der Waals surface area contributed by atoms with Gasteiger partial charge in [0.1, 0.15) is 6.23 Å². The van der Waals surface area contributed by atoms with E-state index in [9.17, 15) is 0 Å². The van der Waals surface area contributed by atoms with E-state index in [0.717, 1.165) is 6.42 Å². The largest absolute Gasteiger partial charge is 0.360 e. The van der Waals surface area contributed by atoms with Gasteiger partial charge in [0.15, 0.2) is 0 Å². The monoisotopic (exact) mass is 187 g/mol. The summed E-state index contributed by atoms with van der Waals surface area (Å²) in [5.74, 6) is 1.12. The van der Waals surface area contributed by atoms with Gasteiger partial charge in [-0.2, -0.15) is 0 Å². The molecule has 0 aliphatic carbocycles. The molecule has 1 N–H and O–H groups in total. The van der Waals surface area contributed by atoms with Gasteiger partial charge in [0.25, 0.3) is 0 Å². The fourth-order valence-corrected chi connectivity index (χ4v) is 1.47. The quantitative estimate of drug-likeness (QED) is 0.645. The van der Waals surface area contributed by atoms with Gasteiger partial charge in [0.05, 0.1) is 6.10 Å². The second-order valence-electron chi connectivity index (χ2n) is 4.28. The van der Waals surface area contributed by atoms with Crippen molar-refractivity contribution in [2.45, 2.75) is 53.4 Å². The minimum atomic E-state index is 0.187. The van der Waals surface area contributed by atoms with Gasteiger partial charge < -0.3 is 4.74 Å². The Morgan fingerprint density at radius 2 is 1.62 bits per heavy atom. The molecule has 0 aliphatic heterocycles. The van der Waals surface area contributed by atoms with Gasteiger partial charge in [-0.3, -0.25) is 5.32 Å². The highest BCUT2D eigenvalue weighted by atomic mass is 16.5. The van der Waals surface area contributed by atoms with Crippen molar-refractivity contribution >= 4 is 0 Å². The Morgan fingerprint density at radius 3 is 1.85 bits per heavy atom. The van der Waals surface area contributed by atoms with Crippen LogP contribution in [0.25, 0.3) is 0 Å². The van der Waals surface area contributed by atoms with Crippen molar-refractivity contribution in [3.8, 4) is 0 Å². The van der Waals surface area contributed by atoms with E-state index < -0.39 is 0 Å². The van der Waals surface area contributed by atoms with Crippen LogP contribution < -0.4 is 5.32 Å². The van der Waals surface area contributed by atoms with Crippen LogP contribution in [-0.2, 0) is 4.74 Å². The van der Waals surface area contributed by atoms with E-state index in [4.69, 9.17) is 4.74 Å². The maximum atomic E-state index is 5.96. The van der Waals surface area contributed by atoms with Crippen LogP contribution in [0.3, 0.4) is 0 Å². The SMILES string of the molecule is CCC(OC(NC)C(C)C)C(C)C. The molecule has 0 fully saturated rings. The molecule has 0 saturated carbocycles. The molecule has 0 rings (SSSR count). The Morgan fingerprint density at radius 1 is 1.08 bits per heavy atom. The lowest BCUT2D eigenvalue weighted by atomic mass is 10.0. The third-order valence-corrected chi connectivity index (χ3v) is 2.36. The molecule has 0 spiro atoms. The van der Waals surface area contributed by atoms with Crippen LogP contribution in [-0.4, -0.2) is 19.4 Å². The summed E-state index contributed by atoms with van der Waals surface area (Å²) in [6.07, 6.45) is 1.65.